The number of benzene rings is 1. The Morgan fingerprint density at radius 1 is 1.23 bits per heavy atom. The van der Waals surface area contributed by atoms with E-state index < -0.39 is 12.1 Å². The molecule has 0 saturated carbocycles. The van der Waals surface area contributed by atoms with Crippen LogP contribution < -0.4 is 10.8 Å². The van der Waals surface area contributed by atoms with E-state index in [0.29, 0.717) is 13.1 Å². The third kappa shape index (κ3) is 6.43. The zero-order valence-electron chi connectivity index (χ0n) is 12.8. The van der Waals surface area contributed by atoms with Gasteiger partial charge in [0.2, 0.25) is 0 Å². The van der Waals surface area contributed by atoms with E-state index >= 15 is 0 Å². The molecule has 1 aromatic rings. The molecule has 22 heavy (non-hydrogen) atoms. The number of nitrogens with zero attached hydrogens (tertiary/aromatic N) is 1. The molecule has 1 unspecified atom stereocenters. The van der Waals surface area contributed by atoms with Gasteiger partial charge in [0.25, 0.3) is 0 Å². The van der Waals surface area contributed by atoms with Crippen LogP contribution in [-0.4, -0.2) is 48.4 Å². The molecule has 2 rings (SSSR count). The van der Waals surface area contributed by atoms with Crippen molar-refractivity contribution in [3.63, 3.8) is 0 Å². The number of hydrogen-bond acceptors (Lipinski definition) is 4. The van der Waals surface area contributed by atoms with E-state index in [9.17, 15) is 9.90 Å². The van der Waals surface area contributed by atoms with E-state index in [1.54, 1.807) is 0 Å². The highest BCUT2D eigenvalue weighted by Crippen LogP contribution is 2.08. The first-order chi connectivity index (χ1) is 10.7. The van der Waals surface area contributed by atoms with Crippen molar-refractivity contribution in [2.45, 2.75) is 31.9 Å². The molecular formula is C16H25N3O3. The molecule has 1 heterocycles. The number of aliphatic hydroxyl groups excluding tert-OH is 1. The van der Waals surface area contributed by atoms with E-state index in [1.165, 1.54) is 19.3 Å². The van der Waals surface area contributed by atoms with E-state index in [2.05, 4.69) is 15.7 Å². The first-order valence-electron chi connectivity index (χ1n) is 7.84. The van der Waals surface area contributed by atoms with Crippen LogP contribution in [0.25, 0.3) is 0 Å². The first kappa shape index (κ1) is 16.7. The van der Waals surface area contributed by atoms with Crippen LogP contribution in [0.4, 0.5) is 4.79 Å². The van der Waals surface area contributed by atoms with Crippen LogP contribution in [0.3, 0.4) is 0 Å². The summed E-state index contributed by atoms with van der Waals surface area (Å²) in [5.41, 5.74) is 3.31. The summed E-state index contributed by atoms with van der Waals surface area (Å²) >= 11 is 0. The fourth-order valence-electron chi connectivity index (χ4n) is 2.51. The molecule has 1 fully saturated rings. The molecule has 1 aliphatic rings. The van der Waals surface area contributed by atoms with E-state index in [-0.39, 0.29) is 6.61 Å². The molecule has 0 aromatic heterocycles. The normalized spacial score (nSPS) is 17.0. The number of hydroxylamine groups is 1. The van der Waals surface area contributed by atoms with E-state index in [0.717, 1.165) is 18.7 Å². The molecule has 2 amide bonds. The van der Waals surface area contributed by atoms with Gasteiger partial charge >= 0.3 is 6.03 Å². The van der Waals surface area contributed by atoms with Crippen LogP contribution in [0.15, 0.2) is 30.3 Å². The topological polar surface area (TPSA) is 73.8 Å². The van der Waals surface area contributed by atoms with E-state index in [1.807, 2.05) is 30.3 Å². The van der Waals surface area contributed by atoms with Gasteiger partial charge in [-0.05, 0) is 31.5 Å². The van der Waals surface area contributed by atoms with Gasteiger partial charge in [-0.15, -0.1) is 0 Å². The summed E-state index contributed by atoms with van der Waals surface area (Å²) in [5, 5.41) is 12.6. The number of piperidine rings is 1. The van der Waals surface area contributed by atoms with Crippen molar-refractivity contribution in [2.75, 3.05) is 26.2 Å². The van der Waals surface area contributed by atoms with Gasteiger partial charge in [-0.25, -0.2) is 10.3 Å². The van der Waals surface area contributed by atoms with Gasteiger partial charge in [0, 0.05) is 13.1 Å². The number of amides is 2. The lowest BCUT2D eigenvalue weighted by Gasteiger charge is -2.28. The van der Waals surface area contributed by atoms with E-state index in [4.69, 9.17) is 4.84 Å². The fraction of sp³-hybridized carbons (Fsp3) is 0.562. The summed E-state index contributed by atoms with van der Waals surface area (Å²) in [6.45, 7) is 3.18. The number of carbonyl (C=O) groups excluding carboxylic acids is 1. The molecule has 1 aliphatic heterocycles. The molecule has 6 nitrogen and oxygen atoms in total. The lowest BCUT2D eigenvalue weighted by molar-refractivity contribution is -0.0175. The van der Waals surface area contributed by atoms with Crippen LogP contribution in [-0.2, 0) is 11.4 Å². The van der Waals surface area contributed by atoms with Gasteiger partial charge in [0.05, 0.1) is 6.10 Å². The largest absolute Gasteiger partial charge is 0.389 e. The number of hydrogen-bond donors (Lipinski definition) is 3. The second-order valence-corrected chi connectivity index (χ2v) is 5.60. The Morgan fingerprint density at radius 2 is 1.95 bits per heavy atom. The summed E-state index contributed by atoms with van der Waals surface area (Å²) in [4.78, 5) is 18.8. The maximum atomic E-state index is 11.5. The summed E-state index contributed by atoms with van der Waals surface area (Å²) < 4.78 is 0. The molecule has 0 spiro atoms. The molecule has 1 aromatic carbocycles. The second kappa shape index (κ2) is 9.40. The molecule has 122 valence electrons. The quantitative estimate of drug-likeness (QED) is 0.663. The third-order valence-corrected chi connectivity index (χ3v) is 3.65. The van der Waals surface area contributed by atoms with Crippen LogP contribution in [0.5, 0.6) is 0 Å². The number of nitrogens with one attached hydrogen (secondary N) is 2. The number of β-amino-alcohol motifs (C(OH)–C–C–N with tert-alkyl or cyclic N) is 1. The number of rotatable bonds is 7. The predicted molar refractivity (Wildman–Crippen MR) is 84.1 cm³/mol. The molecule has 1 saturated heterocycles. The Bertz CT molecular complexity index is 436. The highest BCUT2D eigenvalue weighted by atomic mass is 16.7. The van der Waals surface area contributed by atoms with Crippen molar-refractivity contribution in [2.24, 2.45) is 0 Å². The van der Waals surface area contributed by atoms with Gasteiger partial charge in [-0.3, -0.25) is 4.84 Å². The first-order valence-corrected chi connectivity index (χ1v) is 7.84. The molecule has 1 atom stereocenters. The van der Waals surface area contributed by atoms with Crippen LogP contribution in [0.2, 0.25) is 0 Å². The minimum Gasteiger partial charge on any atom is -0.389 e. The third-order valence-electron chi connectivity index (χ3n) is 3.65. The minimum atomic E-state index is -0.590. The van der Waals surface area contributed by atoms with Crippen molar-refractivity contribution in [3.8, 4) is 0 Å². The molecule has 0 aliphatic carbocycles. The summed E-state index contributed by atoms with van der Waals surface area (Å²) in [6.07, 6.45) is 3.06. The average Bonchev–Trinajstić information content (AvgIpc) is 2.55. The van der Waals surface area contributed by atoms with Gasteiger partial charge in [0.1, 0.15) is 6.61 Å². The summed E-state index contributed by atoms with van der Waals surface area (Å²) in [7, 11) is 0. The molecule has 0 bridgehead atoms. The maximum absolute atomic E-state index is 11.5. The van der Waals surface area contributed by atoms with Gasteiger partial charge in [-0.1, -0.05) is 36.8 Å². The Kier molecular flexibility index (Phi) is 7.15. The zero-order valence-corrected chi connectivity index (χ0v) is 12.8. The lowest BCUT2D eigenvalue weighted by atomic mass is 10.1. The highest BCUT2D eigenvalue weighted by Gasteiger charge is 2.15. The Labute approximate surface area is 131 Å². The molecule has 6 heteroatoms. The Hall–Kier alpha value is -1.63. The SMILES string of the molecule is O=C(NCc1ccccc1)NOCC(O)CN1CCCCC1. The van der Waals surface area contributed by atoms with Gasteiger partial charge in [0.15, 0.2) is 0 Å². The standard InChI is InChI=1S/C16H25N3O3/c20-15(12-19-9-5-2-6-10-19)13-22-18-16(21)17-11-14-7-3-1-4-8-14/h1,3-4,7-8,15,20H,2,5-6,9-13H2,(H2,17,18,21). The van der Waals surface area contributed by atoms with Crippen molar-refractivity contribution in [1.29, 1.82) is 0 Å². The van der Waals surface area contributed by atoms with Crippen molar-refractivity contribution in [1.82, 2.24) is 15.7 Å². The van der Waals surface area contributed by atoms with Gasteiger partial charge in [-0.2, -0.15) is 0 Å². The summed E-state index contributed by atoms with van der Waals surface area (Å²) in [5.74, 6) is 0. The number of aliphatic hydroxyl groups is 1. The minimum absolute atomic E-state index is 0.0925. The highest BCUT2D eigenvalue weighted by molar-refractivity contribution is 5.72. The number of likely N-dealkylation sites (tertiary alicyclic amines) is 1. The number of urea groups is 1. The zero-order chi connectivity index (χ0) is 15.6. The smallest absolute Gasteiger partial charge is 0.338 e. The molecule has 3 N–H and O–H groups in total. The van der Waals surface area contributed by atoms with Crippen LogP contribution in [0.1, 0.15) is 24.8 Å². The van der Waals surface area contributed by atoms with Crippen molar-refractivity contribution >= 4 is 6.03 Å². The second-order valence-electron chi connectivity index (χ2n) is 5.60. The summed E-state index contributed by atoms with van der Waals surface area (Å²) in [6, 6.07) is 9.22. The maximum Gasteiger partial charge on any atom is 0.338 e. The van der Waals surface area contributed by atoms with Crippen molar-refractivity contribution < 1.29 is 14.7 Å². The average molecular weight is 307 g/mol. The Morgan fingerprint density at radius 3 is 2.68 bits per heavy atom. The van der Waals surface area contributed by atoms with Gasteiger partial charge < -0.3 is 15.3 Å². The predicted octanol–water partition coefficient (Wildman–Crippen LogP) is 1.26. The number of carbonyl (C=O) groups is 1. The fourth-order valence-corrected chi connectivity index (χ4v) is 2.51. The van der Waals surface area contributed by atoms with Crippen LogP contribution in [0, 0.1) is 0 Å². The van der Waals surface area contributed by atoms with Crippen LogP contribution >= 0.6 is 0 Å². The molecule has 0 radical (unpaired) electrons. The van der Waals surface area contributed by atoms with Crippen molar-refractivity contribution in [3.05, 3.63) is 35.9 Å². The lowest BCUT2D eigenvalue weighted by Crippen LogP contribution is -2.41. The molecular weight excluding hydrogens is 282 g/mol. The Balaban J connectivity index is 1.54. The monoisotopic (exact) mass is 307 g/mol.